The quantitative estimate of drug-likeness (QED) is 0.705. The Morgan fingerprint density at radius 1 is 1.27 bits per heavy atom. The Balaban J connectivity index is 3.58. The summed E-state index contributed by atoms with van der Waals surface area (Å²) in [5, 5.41) is 4.63. The fraction of sp³-hybridized carbons (Fsp3) is 1.00. The monoisotopic (exact) mass is 221 g/mol. The van der Waals surface area contributed by atoms with Crippen LogP contribution in [0.5, 0.6) is 0 Å². The second-order valence-corrected chi connectivity index (χ2v) is 4.04. The van der Waals surface area contributed by atoms with E-state index in [0.29, 0.717) is 18.0 Å². The SMILES string of the molecule is CCC(C)NC(C)C(C)CBr. The Morgan fingerprint density at radius 3 is 2.18 bits per heavy atom. The Bertz CT molecular complexity index is 95.6. The number of hydrogen-bond acceptors (Lipinski definition) is 1. The summed E-state index contributed by atoms with van der Waals surface area (Å²) in [7, 11) is 0. The molecule has 0 saturated heterocycles. The van der Waals surface area contributed by atoms with E-state index in [4.69, 9.17) is 0 Å². The molecule has 0 aromatic rings. The summed E-state index contributed by atoms with van der Waals surface area (Å²) >= 11 is 3.49. The summed E-state index contributed by atoms with van der Waals surface area (Å²) in [4.78, 5) is 0. The van der Waals surface area contributed by atoms with Crippen LogP contribution in [-0.2, 0) is 0 Å². The summed E-state index contributed by atoms with van der Waals surface area (Å²) in [5.41, 5.74) is 0. The van der Waals surface area contributed by atoms with E-state index in [0.717, 1.165) is 5.33 Å². The molecule has 0 spiro atoms. The molecule has 1 nitrogen and oxygen atoms in total. The minimum atomic E-state index is 0.615. The first-order valence-electron chi connectivity index (χ1n) is 4.43. The molecule has 3 unspecified atom stereocenters. The molecule has 0 bridgehead atoms. The zero-order valence-electron chi connectivity index (χ0n) is 8.02. The Hall–Kier alpha value is 0.440. The van der Waals surface area contributed by atoms with Crippen molar-refractivity contribution in [2.75, 3.05) is 5.33 Å². The number of hydrogen-bond donors (Lipinski definition) is 1. The van der Waals surface area contributed by atoms with E-state index in [1.165, 1.54) is 6.42 Å². The van der Waals surface area contributed by atoms with Gasteiger partial charge in [0.15, 0.2) is 0 Å². The van der Waals surface area contributed by atoms with Crippen LogP contribution >= 0.6 is 15.9 Å². The van der Waals surface area contributed by atoms with Gasteiger partial charge >= 0.3 is 0 Å². The molecule has 0 rings (SSSR count). The molecular weight excluding hydrogens is 202 g/mol. The molecule has 0 aliphatic carbocycles. The molecule has 0 saturated carbocycles. The maximum atomic E-state index is 3.55. The lowest BCUT2D eigenvalue weighted by Gasteiger charge is -2.23. The van der Waals surface area contributed by atoms with Crippen molar-refractivity contribution < 1.29 is 0 Å². The molecule has 0 fully saturated rings. The number of nitrogens with one attached hydrogen (secondary N) is 1. The zero-order chi connectivity index (χ0) is 8.85. The van der Waals surface area contributed by atoms with Crippen LogP contribution in [-0.4, -0.2) is 17.4 Å². The summed E-state index contributed by atoms with van der Waals surface area (Å²) in [5.74, 6) is 0.712. The van der Waals surface area contributed by atoms with Gasteiger partial charge in [-0.1, -0.05) is 29.8 Å². The van der Waals surface area contributed by atoms with E-state index < -0.39 is 0 Å². The molecule has 2 heteroatoms. The molecule has 0 heterocycles. The molecule has 68 valence electrons. The molecule has 0 aromatic carbocycles. The van der Waals surface area contributed by atoms with Gasteiger partial charge < -0.3 is 5.32 Å². The largest absolute Gasteiger partial charge is 0.311 e. The van der Waals surface area contributed by atoms with Crippen molar-refractivity contribution in [1.29, 1.82) is 0 Å². The Kier molecular flexibility index (Phi) is 6.25. The van der Waals surface area contributed by atoms with Gasteiger partial charge in [-0.3, -0.25) is 0 Å². The standard InChI is InChI=1S/C9H20BrN/c1-5-8(3)11-9(4)7(2)6-10/h7-9,11H,5-6H2,1-4H3. The van der Waals surface area contributed by atoms with Crippen LogP contribution in [0.1, 0.15) is 34.1 Å². The lowest BCUT2D eigenvalue weighted by Crippen LogP contribution is -2.38. The molecule has 0 radical (unpaired) electrons. The molecule has 0 aliphatic heterocycles. The van der Waals surface area contributed by atoms with Crippen LogP contribution in [0.25, 0.3) is 0 Å². The third-order valence-corrected chi connectivity index (χ3v) is 3.28. The van der Waals surface area contributed by atoms with E-state index >= 15 is 0 Å². The highest BCUT2D eigenvalue weighted by Crippen LogP contribution is 2.07. The van der Waals surface area contributed by atoms with E-state index in [1.807, 2.05) is 0 Å². The van der Waals surface area contributed by atoms with Gasteiger partial charge in [0.25, 0.3) is 0 Å². The summed E-state index contributed by atoms with van der Waals surface area (Å²) < 4.78 is 0. The van der Waals surface area contributed by atoms with Crippen molar-refractivity contribution in [2.24, 2.45) is 5.92 Å². The topological polar surface area (TPSA) is 12.0 Å². The number of alkyl halides is 1. The van der Waals surface area contributed by atoms with E-state index in [-0.39, 0.29) is 0 Å². The summed E-state index contributed by atoms with van der Waals surface area (Å²) in [6.45, 7) is 8.95. The predicted octanol–water partition coefficient (Wildman–Crippen LogP) is 2.79. The van der Waals surface area contributed by atoms with E-state index in [9.17, 15) is 0 Å². The molecule has 0 aliphatic rings. The molecule has 11 heavy (non-hydrogen) atoms. The molecule has 3 atom stereocenters. The first-order valence-corrected chi connectivity index (χ1v) is 5.56. The molecular formula is C9H20BrN. The fourth-order valence-electron chi connectivity index (χ4n) is 0.865. The fourth-order valence-corrected chi connectivity index (χ4v) is 1.43. The van der Waals surface area contributed by atoms with Gasteiger partial charge in [-0.15, -0.1) is 0 Å². The average molecular weight is 222 g/mol. The van der Waals surface area contributed by atoms with Gasteiger partial charge in [-0.25, -0.2) is 0 Å². The highest BCUT2D eigenvalue weighted by Gasteiger charge is 2.11. The normalized spacial score (nSPS) is 19.4. The van der Waals surface area contributed by atoms with Crippen LogP contribution in [0.4, 0.5) is 0 Å². The van der Waals surface area contributed by atoms with Gasteiger partial charge in [-0.2, -0.15) is 0 Å². The molecule has 0 aromatic heterocycles. The van der Waals surface area contributed by atoms with E-state index in [2.05, 4.69) is 48.9 Å². The van der Waals surface area contributed by atoms with Crippen molar-refractivity contribution in [1.82, 2.24) is 5.32 Å². The maximum absolute atomic E-state index is 3.55. The van der Waals surface area contributed by atoms with Gasteiger partial charge in [-0.05, 0) is 26.2 Å². The second kappa shape index (κ2) is 6.01. The van der Waals surface area contributed by atoms with Crippen molar-refractivity contribution in [3.05, 3.63) is 0 Å². The Labute approximate surface area is 79.1 Å². The second-order valence-electron chi connectivity index (χ2n) is 3.40. The smallest absolute Gasteiger partial charge is 0.00748 e. The van der Waals surface area contributed by atoms with Crippen molar-refractivity contribution in [2.45, 2.75) is 46.2 Å². The highest BCUT2D eigenvalue weighted by molar-refractivity contribution is 9.09. The molecule has 1 N–H and O–H groups in total. The zero-order valence-corrected chi connectivity index (χ0v) is 9.61. The first kappa shape index (κ1) is 11.4. The third-order valence-electron chi connectivity index (χ3n) is 2.26. The minimum absolute atomic E-state index is 0.615. The average Bonchev–Trinajstić information content (AvgIpc) is 2.02. The number of rotatable bonds is 5. The van der Waals surface area contributed by atoms with Crippen molar-refractivity contribution in [3.63, 3.8) is 0 Å². The van der Waals surface area contributed by atoms with Crippen molar-refractivity contribution in [3.8, 4) is 0 Å². The van der Waals surface area contributed by atoms with Crippen LogP contribution in [0.2, 0.25) is 0 Å². The maximum Gasteiger partial charge on any atom is 0.00748 e. The van der Waals surface area contributed by atoms with Gasteiger partial charge in [0.2, 0.25) is 0 Å². The third kappa shape index (κ3) is 4.81. The minimum Gasteiger partial charge on any atom is -0.311 e. The van der Waals surface area contributed by atoms with Crippen LogP contribution in [0.3, 0.4) is 0 Å². The van der Waals surface area contributed by atoms with Crippen LogP contribution in [0.15, 0.2) is 0 Å². The molecule has 0 amide bonds. The van der Waals surface area contributed by atoms with Crippen LogP contribution < -0.4 is 5.32 Å². The van der Waals surface area contributed by atoms with Crippen molar-refractivity contribution >= 4 is 15.9 Å². The van der Waals surface area contributed by atoms with Gasteiger partial charge in [0.05, 0.1) is 0 Å². The van der Waals surface area contributed by atoms with Crippen LogP contribution in [0, 0.1) is 5.92 Å². The predicted molar refractivity (Wildman–Crippen MR) is 55.3 cm³/mol. The lowest BCUT2D eigenvalue weighted by atomic mass is 10.1. The Morgan fingerprint density at radius 2 is 1.82 bits per heavy atom. The lowest BCUT2D eigenvalue weighted by molar-refractivity contribution is 0.384. The van der Waals surface area contributed by atoms with E-state index in [1.54, 1.807) is 0 Å². The van der Waals surface area contributed by atoms with Gasteiger partial charge in [0, 0.05) is 17.4 Å². The number of halogens is 1. The summed E-state index contributed by atoms with van der Waals surface area (Å²) in [6, 6.07) is 1.26. The summed E-state index contributed by atoms with van der Waals surface area (Å²) in [6.07, 6.45) is 1.21. The highest BCUT2D eigenvalue weighted by atomic mass is 79.9. The van der Waals surface area contributed by atoms with Gasteiger partial charge in [0.1, 0.15) is 0 Å². The first-order chi connectivity index (χ1) is 5.11.